The van der Waals surface area contributed by atoms with Crippen molar-refractivity contribution in [2.75, 3.05) is 11.5 Å². The van der Waals surface area contributed by atoms with Gasteiger partial charge < -0.3 is 9.84 Å². The zero-order chi connectivity index (χ0) is 31.4. The molecule has 0 spiro atoms. The van der Waals surface area contributed by atoms with E-state index in [0.717, 1.165) is 24.0 Å². The molecule has 3 aromatic carbocycles. The van der Waals surface area contributed by atoms with Crippen molar-refractivity contribution in [1.82, 2.24) is 10.2 Å². The molecule has 1 fully saturated rings. The monoisotopic (exact) mass is 631 g/mol. The van der Waals surface area contributed by atoms with Gasteiger partial charge in [-0.15, -0.1) is 10.2 Å². The molecular weight excluding hydrogens is 598 g/mol. The summed E-state index contributed by atoms with van der Waals surface area (Å²) in [7, 11) is 0. The van der Waals surface area contributed by atoms with Crippen LogP contribution in [0.25, 0.3) is 5.76 Å². The molecule has 1 saturated heterocycles. The van der Waals surface area contributed by atoms with E-state index >= 15 is 0 Å². The molecule has 1 amide bonds. The highest BCUT2D eigenvalue weighted by Gasteiger charge is 2.48. The van der Waals surface area contributed by atoms with Gasteiger partial charge in [0.15, 0.2) is 4.34 Å². The Balaban J connectivity index is 1.51. The first kappa shape index (κ1) is 31.4. The number of unbranched alkanes of at least 4 members (excludes halogenated alkanes) is 1. The van der Waals surface area contributed by atoms with Crippen LogP contribution in [0.15, 0.2) is 82.7 Å². The first-order chi connectivity index (χ1) is 21.1. The fourth-order valence-electron chi connectivity index (χ4n) is 4.79. The Bertz CT molecular complexity index is 1660. The molecule has 228 valence electrons. The van der Waals surface area contributed by atoms with Crippen LogP contribution in [0.1, 0.15) is 68.8 Å². The molecule has 10 heteroatoms. The topological polar surface area (TPSA) is 92.6 Å². The van der Waals surface area contributed by atoms with Gasteiger partial charge in [0.1, 0.15) is 17.3 Å². The zero-order valence-electron chi connectivity index (χ0n) is 25.0. The molecule has 1 aromatic heterocycles. The molecule has 0 radical (unpaired) electrons. The van der Waals surface area contributed by atoms with Crippen LogP contribution in [-0.2, 0) is 20.8 Å². The standard InChI is InChI=1S/C34H34FN3O4S2/c1-5-6-19-42-26-17-11-23(12-18-26)29(39)27-28(22-9-13-24(14-10-22)34(2,3)4)38(31(41)30(27)40)32-36-37-33(44-32)43-20-21-7-15-25(35)16-8-21/h7-18,28,39H,5-6,19-20H2,1-4H3/t28-/m1/s1. The average molecular weight is 632 g/mol. The van der Waals surface area contributed by atoms with Crippen molar-refractivity contribution >= 4 is 45.7 Å². The molecule has 4 aromatic rings. The van der Waals surface area contributed by atoms with E-state index in [9.17, 15) is 19.1 Å². The van der Waals surface area contributed by atoms with Crippen molar-refractivity contribution in [3.05, 3.63) is 106 Å². The normalized spacial score (nSPS) is 16.5. The predicted molar refractivity (Wildman–Crippen MR) is 173 cm³/mol. The number of thioether (sulfide) groups is 1. The van der Waals surface area contributed by atoms with Gasteiger partial charge in [-0.2, -0.15) is 0 Å². The van der Waals surface area contributed by atoms with Crippen LogP contribution >= 0.6 is 23.1 Å². The summed E-state index contributed by atoms with van der Waals surface area (Å²) in [6.45, 7) is 8.99. The Morgan fingerprint density at radius 2 is 1.68 bits per heavy atom. The van der Waals surface area contributed by atoms with Gasteiger partial charge >= 0.3 is 5.91 Å². The molecule has 1 atom stereocenters. The van der Waals surface area contributed by atoms with Crippen LogP contribution in [0.4, 0.5) is 9.52 Å². The minimum Gasteiger partial charge on any atom is -0.507 e. The van der Waals surface area contributed by atoms with Crippen molar-refractivity contribution in [2.24, 2.45) is 0 Å². The predicted octanol–water partition coefficient (Wildman–Crippen LogP) is 8.07. The quantitative estimate of drug-likeness (QED) is 0.0473. The van der Waals surface area contributed by atoms with Crippen LogP contribution in [0.2, 0.25) is 0 Å². The number of aromatic nitrogens is 2. The molecule has 0 aliphatic carbocycles. The Morgan fingerprint density at radius 3 is 2.32 bits per heavy atom. The minimum atomic E-state index is -0.910. The Kier molecular flexibility index (Phi) is 9.51. The van der Waals surface area contributed by atoms with Gasteiger partial charge in [0.2, 0.25) is 5.13 Å². The molecule has 44 heavy (non-hydrogen) atoms. The van der Waals surface area contributed by atoms with E-state index in [0.29, 0.717) is 33.6 Å². The molecule has 0 bridgehead atoms. The number of hydrogen-bond donors (Lipinski definition) is 1. The van der Waals surface area contributed by atoms with Gasteiger partial charge in [0.05, 0.1) is 18.2 Å². The van der Waals surface area contributed by atoms with Crippen molar-refractivity contribution in [1.29, 1.82) is 0 Å². The number of anilines is 1. The number of ether oxygens (including phenoxy) is 1. The number of hydrogen-bond acceptors (Lipinski definition) is 8. The van der Waals surface area contributed by atoms with Crippen molar-refractivity contribution in [3.8, 4) is 5.75 Å². The maximum atomic E-state index is 13.6. The first-order valence-corrected chi connectivity index (χ1v) is 16.2. The third-order valence-electron chi connectivity index (χ3n) is 7.31. The number of halogens is 1. The van der Waals surface area contributed by atoms with Gasteiger partial charge in [-0.25, -0.2) is 4.39 Å². The van der Waals surface area contributed by atoms with E-state index in [-0.39, 0.29) is 27.7 Å². The van der Waals surface area contributed by atoms with Crippen molar-refractivity contribution in [3.63, 3.8) is 0 Å². The number of benzene rings is 3. The summed E-state index contributed by atoms with van der Waals surface area (Å²) in [5.74, 6) is -0.980. The smallest absolute Gasteiger partial charge is 0.301 e. The minimum absolute atomic E-state index is 0.0196. The van der Waals surface area contributed by atoms with Gasteiger partial charge in [0, 0.05) is 11.3 Å². The van der Waals surface area contributed by atoms with E-state index in [1.54, 1.807) is 36.4 Å². The van der Waals surface area contributed by atoms with Gasteiger partial charge in [0.25, 0.3) is 5.78 Å². The maximum Gasteiger partial charge on any atom is 0.301 e. The van der Waals surface area contributed by atoms with Crippen LogP contribution in [0.3, 0.4) is 0 Å². The lowest BCUT2D eigenvalue weighted by Crippen LogP contribution is -2.29. The van der Waals surface area contributed by atoms with Gasteiger partial charge in [-0.1, -0.05) is 93.6 Å². The molecule has 1 aliphatic heterocycles. The highest BCUT2D eigenvalue weighted by molar-refractivity contribution is 8.00. The fraction of sp³-hybridized carbons (Fsp3) is 0.294. The van der Waals surface area contributed by atoms with E-state index in [2.05, 4.69) is 37.9 Å². The second-order valence-electron chi connectivity index (χ2n) is 11.5. The molecule has 2 heterocycles. The molecule has 7 nitrogen and oxygen atoms in total. The molecule has 5 rings (SSSR count). The summed E-state index contributed by atoms with van der Waals surface area (Å²) < 4.78 is 19.6. The second-order valence-corrected chi connectivity index (χ2v) is 13.7. The number of carbonyl (C=O) groups is 2. The van der Waals surface area contributed by atoms with Crippen LogP contribution in [-0.4, -0.2) is 33.6 Å². The summed E-state index contributed by atoms with van der Waals surface area (Å²) in [5.41, 5.74) is 2.94. The highest BCUT2D eigenvalue weighted by Crippen LogP contribution is 2.44. The fourth-order valence-corrected chi connectivity index (χ4v) is 6.62. The number of amides is 1. The summed E-state index contributed by atoms with van der Waals surface area (Å²) in [6.07, 6.45) is 1.94. The second kappa shape index (κ2) is 13.3. The lowest BCUT2D eigenvalue weighted by atomic mass is 9.85. The van der Waals surface area contributed by atoms with E-state index < -0.39 is 17.7 Å². The third-order valence-corrected chi connectivity index (χ3v) is 9.44. The molecule has 1 N–H and O–H groups in total. The summed E-state index contributed by atoms with van der Waals surface area (Å²) in [6, 6.07) is 19.8. The van der Waals surface area contributed by atoms with Crippen LogP contribution < -0.4 is 9.64 Å². The summed E-state index contributed by atoms with van der Waals surface area (Å²) >= 11 is 2.59. The van der Waals surface area contributed by atoms with E-state index in [1.807, 2.05) is 24.3 Å². The van der Waals surface area contributed by atoms with Gasteiger partial charge in [-0.05, 0) is 64.9 Å². The Hall–Kier alpha value is -4.02. The van der Waals surface area contributed by atoms with E-state index in [4.69, 9.17) is 4.74 Å². The number of aliphatic hydroxyl groups is 1. The number of Topliss-reactive ketones (excluding diaryl/α,β-unsaturated/α-hetero) is 1. The summed E-state index contributed by atoms with van der Waals surface area (Å²) in [5, 5.41) is 20.3. The Labute approximate surface area is 264 Å². The first-order valence-electron chi connectivity index (χ1n) is 14.4. The lowest BCUT2D eigenvalue weighted by Gasteiger charge is -2.24. The largest absolute Gasteiger partial charge is 0.507 e. The third kappa shape index (κ3) is 6.87. The van der Waals surface area contributed by atoms with E-state index in [1.165, 1.54) is 40.1 Å². The highest BCUT2D eigenvalue weighted by atomic mass is 32.2. The van der Waals surface area contributed by atoms with Gasteiger partial charge in [-0.3, -0.25) is 14.5 Å². The zero-order valence-corrected chi connectivity index (χ0v) is 26.7. The molecule has 0 saturated carbocycles. The van der Waals surface area contributed by atoms with Crippen molar-refractivity contribution < 1.29 is 23.8 Å². The van der Waals surface area contributed by atoms with Crippen molar-refractivity contribution in [2.45, 2.75) is 62.1 Å². The number of rotatable bonds is 10. The molecular formula is C34H34FN3O4S2. The number of nitrogens with zero attached hydrogens (tertiary/aromatic N) is 3. The SMILES string of the molecule is CCCCOc1ccc(C(O)=C2C(=O)C(=O)N(c3nnc(SCc4ccc(F)cc4)s3)[C@@H]2c2ccc(C(C)(C)C)cc2)cc1. The Morgan fingerprint density at radius 1 is 1.00 bits per heavy atom. The number of ketones is 1. The summed E-state index contributed by atoms with van der Waals surface area (Å²) in [4.78, 5) is 28.5. The van der Waals surface area contributed by atoms with Crippen LogP contribution in [0, 0.1) is 5.82 Å². The van der Waals surface area contributed by atoms with Crippen LogP contribution in [0.5, 0.6) is 5.75 Å². The number of aliphatic hydroxyl groups excluding tert-OH is 1. The number of carbonyl (C=O) groups excluding carboxylic acids is 2. The molecule has 1 aliphatic rings. The lowest BCUT2D eigenvalue weighted by molar-refractivity contribution is -0.132. The average Bonchev–Trinajstić information content (AvgIpc) is 3.58. The maximum absolute atomic E-state index is 13.6. The molecule has 0 unspecified atom stereocenters.